The Kier molecular flexibility index (Phi) is 4.22. The summed E-state index contributed by atoms with van der Waals surface area (Å²) in [6.07, 6.45) is 8.75. The van der Waals surface area contributed by atoms with Crippen molar-refractivity contribution in [3.8, 4) is 17.6 Å². The molecule has 0 heterocycles. The van der Waals surface area contributed by atoms with Gasteiger partial charge in [-0.3, -0.25) is 4.79 Å². The highest BCUT2D eigenvalue weighted by Gasteiger charge is 2.73. The van der Waals surface area contributed by atoms with Crippen molar-refractivity contribution in [2.45, 2.75) is 90.9 Å². The second-order valence-electron chi connectivity index (χ2n) is 13.6. The first kappa shape index (κ1) is 23.0. The molecule has 5 heteroatoms. The van der Waals surface area contributed by atoms with Crippen LogP contribution in [-0.2, 0) is 10.2 Å². The van der Waals surface area contributed by atoms with Gasteiger partial charge in [-0.25, -0.2) is 0 Å². The van der Waals surface area contributed by atoms with Gasteiger partial charge in [0.1, 0.15) is 0 Å². The number of phenols is 2. The smallest absolute Gasteiger partial charge is 0.309 e. The van der Waals surface area contributed by atoms with Crippen LogP contribution in [0.3, 0.4) is 0 Å². The van der Waals surface area contributed by atoms with Crippen molar-refractivity contribution in [2.75, 3.05) is 0 Å². The second-order valence-corrected chi connectivity index (χ2v) is 13.6. The molecule has 5 aliphatic rings. The Morgan fingerprint density at radius 2 is 1.77 bits per heavy atom. The van der Waals surface area contributed by atoms with Gasteiger partial charge in [0.15, 0.2) is 11.5 Å². The lowest BCUT2D eigenvalue weighted by Crippen LogP contribution is -2.62. The van der Waals surface area contributed by atoms with Crippen molar-refractivity contribution in [2.24, 2.45) is 33.5 Å². The molecular formula is C30H37NO4. The topological polar surface area (TPSA) is 102 Å². The fourth-order valence-corrected chi connectivity index (χ4v) is 9.85. The molecule has 4 fully saturated rings. The highest BCUT2D eigenvalue weighted by molar-refractivity contribution is 5.79. The van der Waals surface area contributed by atoms with Crippen LogP contribution in [0.25, 0.3) is 0 Å². The summed E-state index contributed by atoms with van der Waals surface area (Å²) in [5.41, 5.74) is 2.75. The molecule has 186 valence electrons. The number of hydrogen-bond donors (Lipinski definition) is 3. The molecule has 5 aliphatic carbocycles. The number of phenolic OH excluding ortho intramolecular Hbond substituents is 2. The van der Waals surface area contributed by atoms with E-state index in [1.54, 1.807) is 13.0 Å². The standard InChI is InChI=1S/C30H37NO4/c1-16-23-17(15-31)10-21-27(3,19(23)11-20(32)24(16)33)7-9-29(5)22-14-30(25(34)35)13-18(30)12-26(22,2)6-8-28(21,29)4/h10-11,17-18,22,32-33H,6-9,12-14H2,1-5H3,(H,34,35). The molecule has 8 atom stereocenters. The van der Waals surface area contributed by atoms with E-state index in [9.17, 15) is 25.4 Å². The minimum Gasteiger partial charge on any atom is -0.504 e. The first-order chi connectivity index (χ1) is 16.3. The Bertz CT molecular complexity index is 1260. The molecule has 0 saturated heterocycles. The number of carboxylic acid groups (broad SMARTS) is 1. The van der Waals surface area contributed by atoms with E-state index in [1.807, 2.05) is 0 Å². The van der Waals surface area contributed by atoms with Crippen molar-refractivity contribution in [3.63, 3.8) is 0 Å². The van der Waals surface area contributed by atoms with Gasteiger partial charge in [0.25, 0.3) is 0 Å². The molecule has 1 aromatic carbocycles. The molecule has 0 spiro atoms. The lowest BCUT2D eigenvalue weighted by molar-refractivity contribution is -0.165. The van der Waals surface area contributed by atoms with E-state index in [0.29, 0.717) is 17.4 Å². The molecule has 8 unspecified atom stereocenters. The minimum atomic E-state index is -0.609. The number of aromatic hydroxyl groups is 2. The van der Waals surface area contributed by atoms with Gasteiger partial charge in [0.2, 0.25) is 0 Å². The van der Waals surface area contributed by atoms with Gasteiger partial charge >= 0.3 is 5.97 Å². The van der Waals surface area contributed by atoms with Crippen molar-refractivity contribution < 1.29 is 20.1 Å². The lowest BCUT2D eigenvalue weighted by Gasteiger charge is -2.69. The van der Waals surface area contributed by atoms with E-state index in [-0.39, 0.29) is 33.2 Å². The molecule has 35 heavy (non-hydrogen) atoms. The molecule has 0 aromatic heterocycles. The monoisotopic (exact) mass is 475 g/mol. The minimum absolute atomic E-state index is 0.0626. The SMILES string of the molecule is Cc1c(O)c(O)cc2c1C(C#N)C=C1C2(C)CCC2(C)C3CC4(C(=O)O)CC4CC3(C)CCC12C. The van der Waals surface area contributed by atoms with Gasteiger partial charge < -0.3 is 15.3 Å². The molecular weight excluding hydrogens is 438 g/mol. The normalized spacial score (nSPS) is 47.1. The lowest BCUT2D eigenvalue weighted by atomic mass is 9.35. The summed E-state index contributed by atoms with van der Waals surface area (Å²) in [5, 5.41) is 41.4. The van der Waals surface area contributed by atoms with Crippen LogP contribution in [-0.4, -0.2) is 21.3 Å². The zero-order valence-electron chi connectivity index (χ0n) is 21.5. The third-order valence-corrected chi connectivity index (χ3v) is 12.3. The van der Waals surface area contributed by atoms with Gasteiger partial charge in [-0.15, -0.1) is 0 Å². The van der Waals surface area contributed by atoms with E-state index in [4.69, 9.17) is 0 Å². The largest absolute Gasteiger partial charge is 0.504 e. The Morgan fingerprint density at radius 3 is 2.43 bits per heavy atom. The van der Waals surface area contributed by atoms with Crippen LogP contribution in [0.5, 0.6) is 11.5 Å². The Hall–Kier alpha value is -2.48. The van der Waals surface area contributed by atoms with Crippen molar-refractivity contribution in [1.29, 1.82) is 5.26 Å². The molecule has 0 amide bonds. The van der Waals surface area contributed by atoms with Crippen LogP contribution < -0.4 is 0 Å². The number of nitrogens with zero attached hydrogens (tertiary/aromatic N) is 1. The summed E-state index contributed by atoms with van der Waals surface area (Å²) in [6.45, 7) is 11.2. The van der Waals surface area contributed by atoms with Crippen LogP contribution in [0.15, 0.2) is 17.7 Å². The Morgan fingerprint density at radius 1 is 1.06 bits per heavy atom. The summed E-state index contributed by atoms with van der Waals surface area (Å²) >= 11 is 0. The van der Waals surface area contributed by atoms with Gasteiger partial charge in [-0.2, -0.15) is 5.26 Å². The average Bonchev–Trinajstić information content (AvgIpc) is 3.52. The first-order valence-corrected chi connectivity index (χ1v) is 13.2. The van der Waals surface area contributed by atoms with Crippen LogP contribution >= 0.6 is 0 Å². The number of hydrogen-bond acceptors (Lipinski definition) is 4. The number of aliphatic carboxylic acids is 1. The molecule has 0 radical (unpaired) electrons. The fourth-order valence-electron chi connectivity index (χ4n) is 9.85. The molecule has 3 N–H and O–H groups in total. The van der Waals surface area contributed by atoms with Gasteiger partial charge in [-0.05, 0) is 103 Å². The molecule has 6 rings (SSSR count). The van der Waals surface area contributed by atoms with Crippen LogP contribution in [0.1, 0.15) is 95.2 Å². The third kappa shape index (κ3) is 2.47. The van der Waals surface area contributed by atoms with E-state index >= 15 is 0 Å². The highest BCUT2D eigenvalue weighted by atomic mass is 16.4. The highest BCUT2D eigenvalue weighted by Crippen LogP contribution is 2.79. The maximum atomic E-state index is 12.3. The summed E-state index contributed by atoms with van der Waals surface area (Å²) in [7, 11) is 0. The van der Waals surface area contributed by atoms with Crippen LogP contribution in [0.4, 0.5) is 0 Å². The van der Waals surface area contributed by atoms with Crippen LogP contribution in [0, 0.1) is 51.8 Å². The van der Waals surface area contributed by atoms with E-state index in [1.165, 1.54) is 5.57 Å². The molecule has 0 bridgehead atoms. The predicted molar refractivity (Wildman–Crippen MR) is 132 cm³/mol. The number of fused-ring (bicyclic) bond motifs is 8. The fraction of sp³-hybridized carbons (Fsp3) is 0.667. The maximum absolute atomic E-state index is 12.3. The van der Waals surface area contributed by atoms with Crippen LogP contribution in [0.2, 0.25) is 0 Å². The van der Waals surface area contributed by atoms with Gasteiger partial charge in [0, 0.05) is 5.41 Å². The van der Waals surface area contributed by atoms with Crippen molar-refractivity contribution in [1.82, 2.24) is 0 Å². The number of carbonyl (C=O) groups is 1. The molecule has 4 saturated carbocycles. The zero-order valence-corrected chi connectivity index (χ0v) is 21.5. The number of carboxylic acids is 1. The number of benzene rings is 1. The summed E-state index contributed by atoms with van der Waals surface area (Å²) in [5.74, 6) is -0.689. The summed E-state index contributed by atoms with van der Waals surface area (Å²) < 4.78 is 0. The third-order valence-electron chi connectivity index (χ3n) is 12.3. The van der Waals surface area contributed by atoms with E-state index < -0.39 is 17.3 Å². The predicted octanol–water partition coefficient (Wildman–Crippen LogP) is 6.32. The van der Waals surface area contributed by atoms with Crippen molar-refractivity contribution in [3.05, 3.63) is 34.4 Å². The van der Waals surface area contributed by atoms with Crippen molar-refractivity contribution >= 4 is 5.97 Å². The van der Waals surface area contributed by atoms with E-state index in [2.05, 4.69) is 39.8 Å². The maximum Gasteiger partial charge on any atom is 0.309 e. The number of allylic oxidation sites excluding steroid dienone is 2. The Balaban J connectivity index is 1.52. The number of rotatable bonds is 1. The molecule has 5 nitrogen and oxygen atoms in total. The average molecular weight is 476 g/mol. The zero-order chi connectivity index (χ0) is 25.3. The van der Waals surface area contributed by atoms with E-state index in [0.717, 1.165) is 56.1 Å². The molecule has 1 aromatic rings. The number of nitriles is 1. The summed E-state index contributed by atoms with van der Waals surface area (Å²) in [4.78, 5) is 12.3. The quantitative estimate of drug-likeness (QED) is 0.326. The Labute approximate surface area is 207 Å². The van der Waals surface area contributed by atoms with Gasteiger partial charge in [-0.1, -0.05) is 39.3 Å². The molecule has 0 aliphatic heterocycles. The van der Waals surface area contributed by atoms with Gasteiger partial charge in [0.05, 0.1) is 17.4 Å². The first-order valence-electron chi connectivity index (χ1n) is 13.2. The summed E-state index contributed by atoms with van der Waals surface area (Å²) in [6, 6.07) is 4.17. The second kappa shape index (κ2) is 6.44.